The Bertz CT molecular complexity index is 822. The number of rotatable bonds is 4. The molecule has 1 amide bonds. The summed E-state index contributed by atoms with van der Waals surface area (Å²) in [5, 5.41) is 3.74. The van der Waals surface area contributed by atoms with Gasteiger partial charge in [0.05, 0.1) is 6.42 Å². The number of nitrogens with one attached hydrogen (secondary N) is 1. The third kappa shape index (κ3) is 3.62. The van der Waals surface area contributed by atoms with Crippen molar-refractivity contribution in [2.45, 2.75) is 31.6 Å². The number of nitrogens with zero attached hydrogens (tertiary/aromatic N) is 3. The molecule has 1 aliphatic rings. The van der Waals surface area contributed by atoms with Crippen molar-refractivity contribution in [1.29, 1.82) is 0 Å². The zero-order valence-corrected chi connectivity index (χ0v) is 15.2. The van der Waals surface area contributed by atoms with Crippen LogP contribution >= 0.6 is 0 Å². The second-order valence-corrected chi connectivity index (χ2v) is 8.04. The largest absolute Gasteiger partial charge is 0.365 e. The number of aromatic amines is 1. The summed E-state index contributed by atoms with van der Waals surface area (Å²) in [7, 11) is -3.67. The van der Waals surface area contributed by atoms with Crippen molar-refractivity contribution in [1.82, 2.24) is 19.3 Å². The number of aryl methyl sites for hydroxylation is 2. The summed E-state index contributed by atoms with van der Waals surface area (Å²) in [6.07, 6.45) is 2.67. The van der Waals surface area contributed by atoms with Gasteiger partial charge in [-0.3, -0.25) is 4.79 Å². The van der Waals surface area contributed by atoms with E-state index in [1.54, 1.807) is 24.9 Å². The van der Waals surface area contributed by atoms with Crippen LogP contribution in [0.5, 0.6) is 0 Å². The second-order valence-electron chi connectivity index (χ2n) is 6.16. The van der Waals surface area contributed by atoms with E-state index >= 15 is 0 Å². The fraction of sp³-hybridized carbons (Fsp3) is 0.500. The molecule has 2 aromatic heterocycles. The lowest BCUT2D eigenvalue weighted by molar-refractivity contribution is -0.130. The zero-order valence-electron chi connectivity index (χ0n) is 14.4. The van der Waals surface area contributed by atoms with Gasteiger partial charge in [-0.1, -0.05) is 5.16 Å². The third-order valence-electron chi connectivity index (χ3n) is 4.38. The van der Waals surface area contributed by atoms with Gasteiger partial charge in [0, 0.05) is 38.1 Å². The van der Waals surface area contributed by atoms with Gasteiger partial charge < -0.3 is 14.4 Å². The number of hydrogen-bond acceptors (Lipinski definition) is 5. The van der Waals surface area contributed by atoms with E-state index < -0.39 is 10.0 Å². The van der Waals surface area contributed by atoms with Crippen LogP contribution in [0.15, 0.2) is 27.7 Å². The predicted molar refractivity (Wildman–Crippen MR) is 90.4 cm³/mol. The van der Waals surface area contributed by atoms with E-state index in [-0.39, 0.29) is 17.3 Å². The molecule has 0 aliphatic carbocycles. The topological polar surface area (TPSA) is 99.5 Å². The first-order valence-corrected chi connectivity index (χ1v) is 9.66. The Morgan fingerprint density at radius 2 is 2.08 bits per heavy atom. The average Bonchev–Trinajstić information content (AvgIpc) is 3.09. The predicted octanol–water partition coefficient (Wildman–Crippen LogP) is 1.09. The number of carbonyl (C=O) groups excluding carboxylic acids is 1. The molecule has 3 rings (SSSR count). The molecule has 136 valence electrons. The highest BCUT2D eigenvalue weighted by molar-refractivity contribution is 7.89. The number of sulfonamides is 1. The molecule has 0 bridgehead atoms. The molecule has 0 aromatic carbocycles. The minimum Gasteiger partial charge on any atom is -0.365 e. The first-order chi connectivity index (χ1) is 11.9. The SMILES string of the molecule is Cc1noc(C)c1S(=O)(=O)N1CCCN(C(=O)Cc2ccc[nH]2)CC1. The van der Waals surface area contributed by atoms with Gasteiger partial charge in [-0.2, -0.15) is 4.31 Å². The Hall–Kier alpha value is -2.13. The maximum atomic E-state index is 12.9. The monoisotopic (exact) mass is 366 g/mol. The molecule has 1 N–H and O–H groups in total. The summed E-state index contributed by atoms with van der Waals surface area (Å²) in [5.41, 5.74) is 1.22. The van der Waals surface area contributed by atoms with Gasteiger partial charge >= 0.3 is 0 Å². The minimum absolute atomic E-state index is 0.000892. The molecule has 0 spiro atoms. The molecule has 0 radical (unpaired) electrons. The molecule has 1 aliphatic heterocycles. The highest BCUT2D eigenvalue weighted by atomic mass is 32.2. The van der Waals surface area contributed by atoms with Crippen molar-refractivity contribution < 1.29 is 17.7 Å². The van der Waals surface area contributed by atoms with Gasteiger partial charge in [-0.25, -0.2) is 8.42 Å². The molecule has 1 saturated heterocycles. The standard InChI is InChI=1S/C16H22N4O4S/c1-12-16(13(2)24-18-12)25(22,23)20-8-4-7-19(9-10-20)15(21)11-14-5-3-6-17-14/h3,5-6,17H,4,7-11H2,1-2H3. The van der Waals surface area contributed by atoms with Crippen molar-refractivity contribution in [3.05, 3.63) is 35.5 Å². The lowest BCUT2D eigenvalue weighted by atomic mass is 10.2. The van der Waals surface area contributed by atoms with E-state index in [1.807, 2.05) is 12.1 Å². The van der Waals surface area contributed by atoms with Crippen molar-refractivity contribution in [3.63, 3.8) is 0 Å². The minimum atomic E-state index is -3.67. The fourth-order valence-corrected chi connectivity index (χ4v) is 4.87. The molecule has 8 nitrogen and oxygen atoms in total. The van der Waals surface area contributed by atoms with Crippen molar-refractivity contribution >= 4 is 15.9 Å². The summed E-state index contributed by atoms with van der Waals surface area (Å²) in [5.74, 6) is 0.292. The van der Waals surface area contributed by atoms with Crippen LogP contribution in [0.25, 0.3) is 0 Å². The van der Waals surface area contributed by atoms with Crippen LogP contribution < -0.4 is 0 Å². The first kappa shape index (κ1) is 17.7. The van der Waals surface area contributed by atoms with Crippen LogP contribution in [0.3, 0.4) is 0 Å². The van der Waals surface area contributed by atoms with Gasteiger partial charge in [0.1, 0.15) is 10.6 Å². The number of aromatic nitrogens is 2. The van der Waals surface area contributed by atoms with Gasteiger partial charge in [0.15, 0.2) is 5.76 Å². The molecule has 3 heterocycles. The molecule has 25 heavy (non-hydrogen) atoms. The normalized spacial score (nSPS) is 16.8. The van der Waals surface area contributed by atoms with Gasteiger partial charge in [0.2, 0.25) is 15.9 Å². The quantitative estimate of drug-likeness (QED) is 0.873. The molecule has 0 saturated carbocycles. The van der Waals surface area contributed by atoms with E-state index in [0.717, 1.165) is 5.69 Å². The highest BCUT2D eigenvalue weighted by Crippen LogP contribution is 2.24. The van der Waals surface area contributed by atoms with E-state index in [1.165, 1.54) is 4.31 Å². The molecule has 1 fully saturated rings. The van der Waals surface area contributed by atoms with Crippen molar-refractivity contribution in [2.75, 3.05) is 26.2 Å². The Morgan fingerprint density at radius 1 is 1.28 bits per heavy atom. The molecule has 0 atom stereocenters. The number of carbonyl (C=O) groups is 1. The first-order valence-electron chi connectivity index (χ1n) is 8.22. The second kappa shape index (κ2) is 7.01. The Kier molecular flexibility index (Phi) is 4.96. The summed E-state index contributed by atoms with van der Waals surface area (Å²) in [6.45, 7) is 4.78. The zero-order chi connectivity index (χ0) is 18.0. The summed E-state index contributed by atoms with van der Waals surface area (Å²) in [4.78, 5) is 17.3. The van der Waals surface area contributed by atoms with Crippen LogP contribution in [0.4, 0.5) is 0 Å². The van der Waals surface area contributed by atoms with Crippen LogP contribution in [-0.4, -0.2) is 59.8 Å². The van der Waals surface area contributed by atoms with E-state index in [0.29, 0.717) is 43.9 Å². The Balaban J connectivity index is 1.70. The molecular weight excluding hydrogens is 344 g/mol. The van der Waals surface area contributed by atoms with Crippen LogP contribution in [0.1, 0.15) is 23.6 Å². The summed E-state index contributed by atoms with van der Waals surface area (Å²) in [6, 6.07) is 3.72. The van der Waals surface area contributed by atoms with Crippen LogP contribution in [0, 0.1) is 13.8 Å². The van der Waals surface area contributed by atoms with E-state index in [9.17, 15) is 13.2 Å². The third-order valence-corrected chi connectivity index (χ3v) is 6.52. The van der Waals surface area contributed by atoms with Crippen molar-refractivity contribution in [2.24, 2.45) is 0 Å². The molecule has 2 aromatic rings. The van der Waals surface area contributed by atoms with Gasteiger partial charge in [-0.05, 0) is 32.4 Å². The average molecular weight is 366 g/mol. The maximum Gasteiger partial charge on any atom is 0.248 e. The maximum absolute atomic E-state index is 12.9. The smallest absolute Gasteiger partial charge is 0.248 e. The summed E-state index contributed by atoms with van der Waals surface area (Å²) >= 11 is 0. The van der Waals surface area contributed by atoms with E-state index in [4.69, 9.17) is 4.52 Å². The number of hydrogen-bond donors (Lipinski definition) is 1. The molecular formula is C16H22N4O4S. The van der Waals surface area contributed by atoms with E-state index in [2.05, 4.69) is 10.1 Å². The lowest BCUT2D eigenvalue weighted by Crippen LogP contribution is -2.38. The Morgan fingerprint density at radius 3 is 2.72 bits per heavy atom. The summed E-state index contributed by atoms with van der Waals surface area (Å²) < 4.78 is 32.2. The highest BCUT2D eigenvalue weighted by Gasteiger charge is 2.32. The van der Waals surface area contributed by atoms with Crippen LogP contribution in [0.2, 0.25) is 0 Å². The fourth-order valence-electron chi connectivity index (χ4n) is 3.11. The van der Waals surface area contributed by atoms with Gasteiger partial charge in [0.25, 0.3) is 0 Å². The lowest BCUT2D eigenvalue weighted by Gasteiger charge is -2.21. The Labute approximate surface area is 146 Å². The molecule has 9 heteroatoms. The number of amides is 1. The van der Waals surface area contributed by atoms with Crippen molar-refractivity contribution in [3.8, 4) is 0 Å². The van der Waals surface area contributed by atoms with Gasteiger partial charge in [-0.15, -0.1) is 0 Å². The van der Waals surface area contributed by atoms with Crippen LogP contribution in [-0.2, 0) is 21.2 Å². The number of H-pyrrole nitrogens is 1. The molecule has 0 unspecified atom stereocenters.